The van der Waals surface area contributed by atoms with Crippen LogP contribution in [0.3, 0.4) is 0 Å². The molecular weight excluding hydrogens is 256 g/mol. The van der Waals surface area contributed by atoms with Gasteiger partial charge in [0.2, 0.25) is 0 Å². The first-order valence-electron chi connectivity index (χ1n) is 7.40. The fourth-order valence-electron chi connectivity index (χ4n) is 2.18. The van der Waals surface area contributed by atoms with E-state index in [0.29, 0.717) is 25.2 Å². The number of benzene rings is 1. The van der Waals surface area contributed by atoms with E-state index in [0.717, 1.165) is 19.3 Å². The average Bonchev–Trinajstić information content (AvgIpc) is 2.45. The topological polar surface area (TPSA) is 58.9 Å². The van der Waals surface area contributed by atoms with Gasteiger partial charge >= 0.3 is 0 Å². The summed E-state index contributed by atoms with van der Waals surface area (Å²) in [6.07, 6.45) is 3.20. The maximum atomic E-state index is 10.1. The Morgan fingerprint density at radius 3 is 2.05 bits per heavy atom. The van der Waals surface area contributed by atoms with E-state index in [1.165, 1.54) is 6.07 Å². The van der Waals surface area contributed by atoms with E-state index in [2.05, 4.69) is 0 Å². The second kappa shape index (κ2) is 8.12. The summed E-state index contributed by atoms with van der Waals surface area (Å²) < 4.78 is 11.9. The first-order valence-corrected chi connectivity index (χ1v) is 7.40. The lowest BCUT2D eigenvalue weighted by Crippen LogP contribution is -2.34. The van der Waals surface area contributed by atoms with Crippen molar-refractivity contribution in [1.82, 2.24) is 0 Å². The lowest BCUT2D eigenvalue weighted by atomic mass is 9.99. The largest absolute Gasteiger partial charge is 0.504 e. The van der Waals surface area contributed by atoms with E-state index in [4.69, 9.17) is 9.47 Å². The molecule has 0 saturated carbocycles. The molecule has 0 fully saturated rings. The molecule has 0 aliphatic heterocycles. The van der Waals surface area contributed by atoms with E-state index < -0.39 is 5.79 Å². The summed E-state index contributed by atoms with van der Waals surface area (Å²) in [6.45, 7) is 7.18. The number of hydrogen-bond acceptors (Lipinski definition) is 4. The van der Waals surface area contributed by atoms with Gasteiger partial charge in [0.05, 0.1) is 18.8 Å². The molecule has 1 aromatic carbocycles. The van der Waals surface area contributed by atoms with Crippen molar-refractivity contribution in [3.8, 4) is 11.5 Å². The minimum atomic E-state index is -0.983. The van der Waals surface area contributed by atoms with Gasteiger partial charge in [0, 0.05) is 6.42 Å². The molecule has 0 bridgehead atoms. The maximum Gasteiger partial charge on any atom is 0.198 e. The van der Waals surface area contributed by atoms with Gasteiger partial charge in [-0.3, -0.25) is 0 Å². The first kappa shape index (κ1) is 16.8. The van der Waals surface area contributed by atoms with Crippen molar-refractivity contribution in [3.05, 3.63) is 23.8 Å². The van der Waals surface area contributed by atoms with Crippen LogP contribution in [-0.4, -0.2) is 23.4 Å². The summed E-state index contributed by atoms with van der Waals surface area (Å²) in [5.41, 5.74) is 0.501. The third-order valence-electron chi connectivity index (χ3n) is 3.08. The van der Waals surface area contributed by atoms with Gasteiger partial charge in [-0.15, -0.1) is 0 Å². The lowest BCUT2D eigenvalue weighted by molar-refractivity contribution is -0.252. The Labute approximate surface area is 121 Å². The number of hydrogen-bond donors (Lipinski definition) is 2. The third kappa shape index (κ3) is 3.87. The van der Waals surface area contributed by atoms with Crippen LogP contribution < -0.4 is 0 Å². The zero-order valence-electron chi connectivity index (χ0n) is 12.7. The Bertz CT molecular complexity index is 395. The third-order valence-corrected chi connectivity index (χ3v) is 3.08. The van der Waals surface area contributed by atoms with Gasteiger partial charge < -0.3 is 19.7 Å². The molecule has 0 aliphatic carbocycles. The van der Waals surface area contributed by atoms with Gasteiger partial charge in [-0.05, 0) is 25.0 Å². The van der Waals surface area contributed by atoms with Crippen LogP contribution in [0.5, 0.6) is 11.5 Å². The summed E-state index contributed by atoms with van der Waals surface area (Å²) in [4.78, 5) is 0. The molecular formula is C16H26O4. The van der Waals surface area contributed by atoms with Crippen molar-refractivity contribution < 1.29 is 19.7 Å². The predicted molar refractivity (Wildman–Crippen MR) is 78.8 cm³/mol. The van der Waals surface area contributed by atoms with E-state index in [9.17, 15) is 10.2 Å². The standard InChI is InChI=1S/C16H26O4/c1-4-10-16(19-11-5-2,20-12-6-3)13-8-7-9-14(17)15(13)18/h7-9,17-18H,4-6,10-12H2,1-3H3. The number of para-hydroxylation sites is 1. The molecule has 0 aliphatic rings. The molecule has 0 aromatic heterocycles. The number of phenolic OH excluding ortho intramolecular Hbond substituents is 2. The average molecular weight is 282 g/mol. The Balaban J connectivity index is 3.20. The Morgan fingerprint density at radius 2 is 1.55 bits per heavy atom. The van der Waals surface area contributed by atoms with Crippen molar-refractivity contribution in [1.29, 1.82) is 0 Å². The van der Waals surface area contributed by atoms with Crippen LogP contribution in [0.15, 0.2) is 18.2 Å². The molecule has 0 spiro atoms. The van der Waals surface area contributed by atoms with Gasteiger partial charge in [0.1, 0.15) is 0 Å². The molecule has 1 aromatic rings. The first-order chi connectivity index (χ1) is 9.61. The predicted octanol–water partition coefficient (Wildman–Crippen LogP) is 3.90. The van der Waals surface area contributed by atoms with E-state index in [1.54, 1.807) is 12.1 Å². The molecule has 114 valence electrons. The minimum absolute atomic E-state index is 0.150. The second-order valence-electron chi connectivity index (χ2n) is 4.87. The van der Waals surface area contributed by atoms with E-state index in [-0.39, 0.29) is 11.5 Å². The molecule has 0 amide bonds. The normalized spacial score (nSPS) is 11.8. The fraction of sp³-hybridized carbons (Fsp3) is 0.625. The quantitative estimate of drug-likeness (QED) is 0.532. The van der Waals surface area contributed by atoms with Crippen molar-refractivity contribution in [3.63, 3.8) is 0 Å². The zero-order valence-corrected chi connectivity index (χ0v) is 12.7. The molecule has 4 nitrogen and oxygen atoms in total. The molecule has 0 saturated heterocycles. The van der Waals surface area contributed by atoms with Crippen LogP contribution in [0.4, 0.5) is 0 Å². The lowest BCUT2D eigenvalue weighted by Gasteiger charge is -2.34. The minimum Gasteiger partial charge on any atom is -0.504 e. The van der Waals surface area contributed by atoms with Crippen molar-refractivity contribution in [2.75, 3.05) is 13.2 Å². The number of phenols is 2. The summed E-state index contributed by atoms with van der Waals surface area (Å²) >= 11 is 0. The van der Waals surface area contributed by atoms with Gasteiger partial charge in [-0.25, -0.2) is 0 Å². The Kier molecular flexibility index (Phi) is 6.82. The SMILES string of the molecule is CCCOC(CCC)(OCCC)c1cccc(O)c1O. The molecule has 0 radical (unpaired) electrons. The molecule has 4 heteroatoms. The van der Waals surface area contributed by atoms with Crippen LogP contribution in [-0.2, 0) is 15.3 Å². The van der Waals surface area contributed by atoms with Gasteiger partial charge in [0.15, 0.2) is 17.3 Å². The smallest absolute Gasteiger partial charge is 0.198 e. The molecule has 0 atom stereocenters. The van der Waals surface area contributed by atoms with Crippen molar-refractivity contribution >= 4 is 0 Å². The summed E-state index contributed by atoms with van der Waals surface area (Å²) in [6, 6.07) is 4.89. The van der Waals surface area contributed by atoms with E-state index in [1.807, 2.05) is 20.8 Å². The summed E-state index contributed by atoms with van der Waals surface area (Å²) in [7, 11) is 0. The fourth-order valence-corrected chi connectivity index (χ4v) is 2.18. The van der Waals surface area contributed by atoms with Crippen LogP contribution in [0.2, 0.25) is 0 Å². The molecule has 2 N–H and O–H groups in total. The van der Waals surface area contributed by atoms with Crippen LogP contribution in [0, 0.1) is 0 Å². The summed E-state index contributed by atoms with van der Waals surface area (Å²) in [5, 5.41) is 19.9. The second-order valence-corrected chi connectivity index (χ2v) is 4.87. The van der Waals surface area contributed by atoms with Crippen LogP contribution >= 0.6 is 0 Å². The van der Waals surface area contributed by atoms with Crippen molar-refractivity contribution in [2.24, 2.45) is 0 Å². The summed E-state index contributed by atoms with van der Waals surface area (Å²) in [5.74, 6) is -1.29. The van der Waals surface area contributed by atoms with Gasteiger partial charge in [-0.1, -0.05) is 33.3 Å². The monoisotopic (exact) mass is 282 g/mol. The molecule has 0 heterocycles. The van der Waals surface area contributed by atoms with Gasteiger partial charge in [0.25, 0.3) is 0 Å². The van der Waals surface area contributed by atoms with E-state index >= 15 is 0 Å². The van der Waals surface area contributed by atoms with Crippen LogP contribution in [0.25, 0.3) is 0 Å². The number of rotatable bonds is 9. The van der Waals surface area contributed by atoms with Crippen LogP contribution in [0.1, 0.15) is 52.0 Å². The molecule has 1 rings (SSSR count). The molecule has 20 heavy (non-hydrogen) atoms. The zero-order chi connectivity index (χ0) is 15.0. The highest BCUT2D eigenvalue weighted by molar-refractivity contribution is 5.46. The Hall–Kier alpha value is -1.26. The maximum absolute atomic E-state index is 10.1. The van der Waals surface area contributed by atoms with Crippen molar-refractivity contribution in [2.45, 2.75) is 52.2 Å². The number of aromatic hydroxyl groups is 2. The Morgan fingerprint density at radius 1 is 0.950 bits per heavy atom. The highest BCUT2D eigenvalue weighted by Gasteiger charge is 2.36. The number of ether oxygens (including phenoxy) is 2. The van der Waals surface area contributed by atoms with Gasteiger partial charge in [-0.2, -0.15) is 0 Å². The molecule has 0 unspecified atom stereocenters. The highest BCUT2D eigenvalue weighted by Crippen LogP contribution is 2.41. The highest BCUT2D eigenvalue weighted by atomic mass is 16.7.